The van der Waals surface area contributed by atoms with Crippen LogP contribution >= 0.6 is 12.2 Å². The van der Waals surface area contributed by atoms with E-state index in [0.717, 1.165) is 0 Å². The Morgan fingerprint density at radius 2 is 2.20 bits per heavy atom. The van der Waals surface area contributed by atoms with Gasteiger partial charge in [-0.15, -0.1) is 0 Å². The molecular formula is C11H21N2O4S3+. The lowest BCUT2D eigenvalue weighted by Gasteiger charge is -2.32. The molecule has 20 heavy (non-hydrogen) atoms. The lowest BCUT2D eigenvalue weighted by atomic mass is 10.0. The van der Waals surface area contributed by atoms with Gasteiger partial charge in [0.1, 0.15) is 5.75 Å². The quantitative estimate of drug-likeness (QED) is 0.545. The van der Waals surface area contributed by atoms with E-state index in [-0.39, 0.29) is 23.3 Å². The normalized spacial score (nSPS) is 39.6. The summed E-state index contributed by atoms with van der Waals surface area (Å²) in [5.74, 6) is 0.780. The summed E-state index contributed by atoms with van der Waals surface area (Å²) in [6.07, 6.45) is 1.16. The highest BCUT2D eigenvalue weighted by atomic mass is 32.3. The maximum atomic E-state index is 11.6. The molecule has 2 saturated heterocycles. The van der Waals surface area contributed by atoms with Crippen LogP contribution in [-0.2, 0) is 24.3 Å². The first kappa shape index (κ1) is 16.1. The third-order valence-corrected chi connectivity index (χ3v) is 8.08. The summed E-state index contributed by atoms with van der Waals surface area (Å²) in [7, 11) is -3.91. The van der Waals surface area contributed by atoms with Gasteiger partial charge in [-0.2, -0.15) is 4.55 Å². The van der Waals surface area contributed by atoms with E-state index in [9.17, 15) is 17.2 Å². The van der Waals surface area contributed by atoms with Gasteiger partial charge in [-0.05, 0) is 25.6 Å². The Labute approximate surface area is 126 Å². The zero-order valence-electron chi connectivity index (χ0n) is 11.7. The molecule has 0 aliphatic carbocycles. The van der Waals surface area contributed by atoms with Gasteiger partial charge in [-0.3, -0.25) is 0 Å². The van der Waals surface area contributed by atoms with Crippen LogP contribution < -0.4 is 5.32 Å². The molecule has 0 amide bonds. The molecule has 0 bridgehead atoms. The van der Waals surface area contributed by atoms with E-state index in [1.165, 1.54) is 0 Å². The lowest BCUT2D eigenvalue weighted by molar-refractivity contribution is 0.364. The van der Waals surface area contributed by atoms with Gasteiger partial charge >= 0.3 is 0 Å². The number of rotatable bonds is 2. The number of hydrogen-bond acceptors (Lipinski definition) is 4. The molecule has 2 fully saturated rings. The molecule has 0 aromatic rings. The molecule has 0 spiro atoms. The van der Waals surface area contributed by atoms with Gasteiger partial charge in [-0.1, -0.05) is 4.21 Å². The molecule has 2 heterocycles. The van der Waals surface area contributed by atoms with Gasteiger partial charge in [0.05, 0.1) is 23.1 Å². The van der Waals surface area contributed by atoms with Crippen molar-refractivity contribution in [1.82, 2.24) is 10.2 Å². The molecular weight excluding hydrogens is 320 g/mol. The number of nitrogens with one attached hydrogen (secondary N) is 1. The highest BCUT2D eigenvalue weighted by molar-refractivity contribution is 7.98. The fraction of sp³-hybridized carbons (Fsp3) is 0.909. The van der Waals surface area contributed by atoms with Crippen molar-refractivity contribution in [3.05, 3.63) is 0 Å². The zero-order valence-corrected chi connectivity index (χ0v) is 14.1. The van der Waals surface area contributed by atoms with Crippen LogP contribution in [0.1, 0.15) is 19.8 Å². The van der Waals surface area contributed by atoms with Crippen LogP contribution in [0.2, 0.25) is 0 Å². The average Bonchev–Trinajstić information content (AvgIpc) is 2.77. The smallest absolute Gasteiger partial charge is 0.216 e. The number of thiocarbonyl (C=S) groups is 1. The van der Waals surface area contributed by atoms with Crippen molar-refractivity contribution in [2.45, 2.75) is 31.3 Å². The Morgan fingerprint density at radius 1 is 1.55 bits per heavy atom. The summed E-state index contributed by atoms with van der Waals surface area (Å²) < 4.78 is 44.3. The Kier molecular flexibility index (Phi) is 4.18. The maximum absolute atomic E-state index is 11.6. The third kappa shape index (κ3) is 3.69. The molecule has 9 heteroatoms. The monoisotopic (exact) mass is 341 g/mol. The number of hydrogen-bond donors (Lipinski definition) is 2. The van der Waals surface area contributed by atoms with Crippen LogP contribution in [0.5, 0.6) is 0 Å². The summed E-state index contributed by atoms with van der Waals surface area (Å²) in [6.45, 7) is 1.85. The van der Waals surface area contributed by atoms with Gasteiger partial charge in [0.2, 0.25) is 10.2 Å². The van der Waals surface area contributed by atoms with Crippen LogP contribution in [0.15, 0.2) is 0 Å². The van der Waals surface area contributed by atoms with E-state index >= 15 is 0 Å². The fourth-order valence-corrected chi connectivity index (χ4v) is 7.00. The summed E-state index contributed by atoms with van der Waals surface area (Å²) in [6, 6.07) is -0.0610. The van der Waals surface area contributed by atoms with Crippen molar-refractivity contribution in [3.63, 3.8) is 0 Å². The maximum Gasteiger partial charge on any atom is 0.216 e. The van der Waals surface area contributed by atoms with E-state index < -0.39 is 25.6 Å². The Bertz CT molecular complexity index is 562. The standard InChI is InChI=1S/C11H20N2O4S3/c1-11(4-6-20(16,17)8-11)12-10(18)13(2)9-3-5-19(14,15)7-9/h9H,3-8H2,1-2H3,(H-,12,14,15,18)/p+1/t9-,11+/m0/s1. The first-order chi connectivity index (χ1) is 9.02. The molecule has 116 valence electrons. The van der Waals surface area contributed by atoms with Crippen LogP contribution in [0.4, 0.5) is 0 Å². The number of sulfone groups is 1. The minimum Gasteiger partial charge on any atom is -0.356 e. The summed E-state index contributed by atoms with van der Waals surface area (Å²) in [5.41, 5.74) is -0.538. The van der Waals surface area contributed by atoms with Crippen molar-refractivity contribution < 1.29 is 17.2 Å². The molecule has 0 aromatic heterocycles. The molecule has 2 aliphatic heterocycles. The van der Waals surface area contributed by atoms with Crippen molar-refractivity contribution in [2.75, 3.05) is 30.1 Å². The number of nitrogens with zero attached hydrogens (tertiary/aromatic N) is 1. The highest BCUT2D eigenvalue weighted by Gasteiger charge is 2.43. The van der Waals surface area contributed by atoms with Crippen molar-refractivity contribution >= 4 is 37.4 Å². The Morgan fingerprint density at radius 3 is 2.65 bits per heavy atom. The fourth-order valence-electron chi connectivity index (χ4n) is 2.71. The van der Waals surface area contributed by atoms with Gasteiger partial charge in [-0.25, -0.2) is 8.42 Å². The Hall–Kier alpha value is -0.250. The van der Waals surface area contributed by atoms with Gasteiger partial charge in [0, 0.05) is 13.5 Å². The first-order valence-corrected chi connectivity index (χ1v) is 10.6. The predicted octanol–water partition coefficient (Wildman–Crippen LogP) is 0.115. The van der Waals surface area contributed by atoms with Crippen LogP contribution in [-0.4, -0.2) is 64.6 Å². The van der Waals surface area contributed by atoms with E-state index in [0.29, 0.717) is 23.7 Å². The average molecular weight is 342 g/mol. The van der Waals surface area contributed by atoms with Gasteiger partial charge < -0.3 is 10.2 Å². The van der Waals surface area contributed by atoms with E-state index in [4.69, 9.17) is 12.2 Å². The largest absolute Gasteiger partial charge is 0.356 e. The molecule has 2 aliphatic rings. The zero-order chi connectivity index (χ0) is 15.2. The molecule has 0 aromatic carbocycles. The van der Waals surface area contributed by atoms with Crippen LogP contribution in [0.3, 0.4) is 0 Å². The molecule has 0 radical (unpaired) electrons. The van der Waals surface area contributed by atoms with Crippen LogP contribution in [0.25, 0.3) is 0 Å². The van der Waals surface area contributed by atoms with Gasteiger partial charge in [0.25, 0.3) is 0 Å². The van der Waals surface area contributed by atoms with Crippen molar-refractivity contribution in [2.24, 2.45) is 0 Å². The topological polar surface area (TPSA) is 86.7 Å². The summed E-state index contributed by atoms with van der Waals surface area (Å²) in [4.78, 5) is 1.79. The molecule has 3 atom stereocenters. The van der Waals surface area contributed by atoms with E-state index in [1.807, 2.05) is 6.92 Å². The lowest BCUT2D eigenvalue weighted by Crippen LogP contribution is -2.53. The minimum absolute atomic E-state index is 0.0610. The highest BCUT2D eigenvalue weighted by Crippen LogP contribution is 2.25. The predicted molar refractivity (Wildman–Crippen MR) is 84.0 cm³/mol. The SMILES string of the molecule is CN(C(=S)N[C@]1(C)CCS(=O)(=O)C1)[C@H]1CC[S+](=O)(O)C1. The second-order valence-electron chi connectivity index (χ2n) is 6.03. The van der Waals surface area contributed by atoms with Gasteiger partial charge in [0.15, 0.2) is 20.7 Å². The summed E-state index contributed by atoms with van der Waals surface area (Å²) >= 11 is 5.32. The Balaban J connectivity index is 1.97. The van der Waals surface area contributed by atoms with Crippen LogP contribution in [0, 0.1) is 0 Å². The second-order valence-corrected chi connectivity index (χ2v) is 10.9. The summed E-state index contributed by atoms with van der Waals surface area (Å²) in [5, 5.41) is 3.57. The molecule has 2 rings (SSSR count). The van der Waals surface area contributed by atoms with Crippen molar-refractivity contribution in [3.8, 4) is 0 Å². The van der Waals surface area contributed by atoms with Crippen molar-refractivity contribution in [1.29, 1.82) is 0 Å². The second kappa shape index (κ2) is 5.19. The molecule has 0 saturated carbocycles. The minimum atomic E-state index is -2.99. The molecule has 2 N–H and O–H groups in total. The van der Waals surface area contributed by atoms with E-state index in [1.54, 1.807) is 11.9 Å². The third-order valence-electron chi connectivity index (χ3n) is 4.00. The molecule has 6 nitrogen and oxygen atoms in total. The van der Waals surface area contributed by atoms with E-state index in [2.05, 4.69) is 5.32 Å². The molecule has 1 unspecified atom stereocenters. The first-order valence-electron chi connectivity index (χ1n) is 6.49.